The highest BCUT2D eigenvalue weighted by Gasteiger charge is 2.22. The summed E-state index contributed by atoms with van der Waals surface area (Å²) in [4.78, 5) is 28.8. The number of methoxy groups -OCH3 is 1. The number of nitrogens with one attached hydrogen (secondary N) is 1. The summed E-state index contributed by atoms with van der Waals surface area (Å²) in [6.45, 7) is 2.26. The fourth-order valence-corrected chi connectivity index (χ4v) is 3.88. The Hall–Kier alpha value is -2.44. The van der Waals surface area contributed by atoms with Crippen molar-refractivity contribution in [2.45, 2.75) is 19.3 Å². The van der Waals surface area contributed by atoms with E-state index in [1.54, 1.807) is 36.3 Å². The topological polar surface area (TPSA) is 61.9 Å². The van der Waals surface area contributed by atoms with Crippen LogP contribution in [0.3, 0.4) is 0 Å². The van der Waals surface area contributed by atoms with Crippen molar-refractivity contribution in [2.24, 2.45) is 0 Å². The summed E-state index contributed by atoms with van der Waals surface area (Å²) in [5.74, 6) is 0.703. The van der Waals surface area contributed by atoms with Crippen molar-refractivity contribution >= 4 is 40.8 Å². The number of halogens is 2. The van der Waals surface area contributed by atoms with Crippen LogP contribution in [0.25, 0.3) is 0 Å². The van der Waals surface area contributed by atoms with Crippen LogP contribution in [-0.2, 0) is 11.2 Å². The van der Waals surface area contributed by atoms with Crippen LogP contribution in [0.5, 0.6) is 5.75 Å². The first-order chi connectivity index (χ1) is 14.5. The van der Waals surface area contributed by atoms with Crippen LogP contribution in [0.1, 0.15) is 18.4 Å². The summed E-state index contributed by atoms with van der Waals surface area (Å²) in [6.07, 6.45) is 1.75. The zero-order valence-corrected chi connectivity index (χ0v) is 18.4. The minimum absolute atomic E-state index is 0.0824. The number of anilines is 1. The number of urea groups is 1. The molecule has 0 spiro atoms. The molecule has 3 amide bonds. The van der Waals surface area contributed by atoms with E-state index in [4.69, 9.17) is 27.9 Å². The van der Waals surface area contributed by atoms with E-state index in [0.29, 0.717) is 60.5 Å². The Kier molecular flexibility index (Phi) is 7.82. The summed E-state index contributed by atoms with van der Waals surface area (Å²) in [7, 11) is 1.57. The molecule has 0 unspecified atom stereocenters. The molecule has 1 N–H and O–H groups in total. The summed E-state index contributed by atoms with van der Waals surface area (Å²) >= 11 is 12.1. The Bertz CT molecular complexity index is 907. The number of hydrogen-bond donors (Lipinski definition) is 1. The quantitative estimate of drug-likeness (QED) is 0.719. The normalized spacial score (nSPS) is 14.2. The Morgan fingerprint density at radius 1 is 1.03 bits per heavy atom. The summed E-state index contributed by atoms with van der Waals surface area (Å²) in [6, 6.07) is 12.4. The van der Waals surface area contributed by atoms with Crippen molar-refractivity contribution in [1.82, 2.24) is 9.80 Å². The van der Waals surface area contributed by atoms with Crippen molar-refractivity contribution in [3.63, 3.8) is 0 Å². The van der Waals surface area contributed by atoms with E-state index in [-0.39, 0.29) is 11.9 Å². The van der Waals surface area contributed by atoms with Gasteiger partial charge in [-0.15, -0.1) is 0 Å². The molecular formula is C22H25Cl2N3O3. The molecule has 1 heterocycles. The van der Waals surface area contributed by atoms with Crippen molar-refractivity contribution in [2.75, 3.05) is 38.6 Å². The van der Waals surface area contributed by atoms with Crippen LogP contribution in [0.4, 0.5) is 10.5 Å². The van der Waals surface area contributed by atoms with Gasteiger partial charge < -0.3 is 19.9 Å². The number of ether oxygens (including phenoxy) is 1. The fraction of sp³-hybridized carbons (Fsp3) is 0.364. The zero-order valence-electron chi connectivity index (χ0n) is 16.9. The molecule has 2 aromatic rings. The number of hydrogen-bond acceptors (Lipinski definition) is 3. The van der Waals surface area contributed by atoms with E-state index in [1.165, 1.54) is 0 Å². The van der Waals surface area contributed by atoms with Crippen molar-refractivity contribution in [3.05, 3.63) is 58.1 Å². The lowest BCUT2D eigenvalue weighted by molar-refractivity contribution is -0.131. The first-order valence-electron chi connectivity index (χ1n) is 9.88. The second-order valence-electron chi connectivity index (χ2n) is 7.13. The van der Waals surface area contributed by atoms with Gasteiger partial charge in [-0.3, -0.25) is 4.79 Å². The van der Waals surface area contributed by atoms with Gasteiger partial charge in [-0.1, -0.05) is 35.3 Å². The molecule has 0 bridgehead atoms. The number of rotatable bonds is 5. The van der Waals surface area contributed by atoms with Gasteiger partial charge in [-0.25, -0.2) is 4.79 Å². The smallest absolute Gasteiger partial charge is 0.321 e. The van der Waals surface area contributed by atoms with Crippen molar-refractivity contribution in [1.29, 1.82) is 0 Å². The van der Waals surface area contributed by atoms with Crippen LogP contribution in [0, 0.1) is 0 Å². The predicted octanol–water partition coefficient (Wildman–Crippen LogP) is 4.70. The molecule has 1 saturated heterocycles. The average molecular weight is 450 g/mol. The van der Waals surface area contributed by atoms with Crippen molar-refractivity contribution in [3.8, 4) is 5.75 Å². The van der Waals surface area contributed by atoms with E-state index in [0.717, 1.165) is 12.0 Å². The van der Waals surface area contributed by atoms with Crippen LogP contribution in [0.15, 0.2) is 42.5 Å². The van der Waals surface area contributed by atoms with E-state index in [2.05, 4.69) is 5.32 Å². The molecule has 160 valence electrons. The average Bonchev–Trinajstić information content (AvgIpc) is 2.98. The third-order valence-corrected chi connectivity index (χ3v) is 5.59. The van der Waals surface area contributed by atoms with Crippen LogP contribution in [0.2, 0.25) is 10.0 Å². The van der Waals surface area contributed by atoms with Crippen LogP contribution >= 0.6 is 23.2 Å². The first-order valence-corrected chi connectivity index (χ1v) is 10.6. The highest BCUT2D eigenvalue weighted by atomic mass is 35.5. The molecule has 0 aromatic heterocycles. The van der Waals surface area contributed by atoms with Gasteiger partial charge >= 0.3 is 6.03 Å². The molecule has 1 aliphatic rings. The third kappa shape index (κ3) is 6.03. The minimum Gasteiger partial charge on any atom is -0.495 e. The maximum atomic E-state index is 12.7. The number of benzene rings is 2. The lowest BCUT2D eigenvalue weighted by Gasteiger charge is -2.22. The number of aryl methyl sites for hydroxylation is 1. The largest absolute Gasteiger partial charge is 0.495 e. The first kappa shape index (κ1) is 22.2. The fourth-order valence-electron chi connectivity index (χ4n) is 3.41. The Morgan fingerprint density at radius 3 is 2.53 bits per heavy atom. The van der Waals surface area contributed by atoms with E-state index >= 15 is 0 Å². The maximum absolute atomic E-state index is 12.7. The van der Waals surface area contributed by atoms with E-state index in [9.17, 15) is 9.59 Å². The third-order valence-electron chi connectivity index (χ3n) is 5.06. The van der Waals surface area contributed by atoms with Crippen LogP contribution < -0.4 is 10.1 Å². The number of amides is 3. The van der Waals surface area contributed by atoms with Gasteiger partial charge in [0.25, 0.3) is 0 Å². The Balaban J connectivity index is 1.49. The zero-order chi connectivity index (χ0) is 21.5. The molecule has 8 heteroatoms. The van der Waals surface area contributed by atoms with Crippen LogP contribution in [-0.4, -0.2) is 55.0 Å². The molecule has 0 saturated carbocycles. The summed E-state index contributed by atoms with van der Waals surface area (Å²) in [5.41, 5.74) is 1.65. The molecule has 3 rings (SSSR count). The highest BCUT2D eigenvalue weighted by molar-refractivity contribution is 6.32. The number of nitrogens with zero attached hydrogens (tertiary/aromatic N) is 2. The molecule has 2 aromatic carbocycles. The molecule has 0 radical (unpaired) electrons. The van der Waals surface area contributed by atoms with Gasteiger partial charge in [0.05, 0.1) is 12.1 Å². The Labute approximate surface area is 186 Å². The number of carbonyl (C=O) groups excluding carboxylic acids is 2. The highest BCUT2D eigenvalue weighted by Crippen LogP contribution is 2.25. The molecular weight excluding hydrogens is 425 g/mol. The van der Waals surface area contributed by atoms with Gasteiger partial charge in [0.2, 0.25) is 5.91 Å². The summed E-state index contributed by atoms with van der Waals surface area (Å²) in [5, 5.41) is 3.97. The molecule has 0 atom stereocenters. The van der Waals surface area contributed by atoms with Gasteiger partial charge in [-0.05, 0) is 48.7 Å². The SMILES string of the molecule is COc1ccc(CCC(=O)N2CCCN(C(=O)Nc3cccc(Cl)c3)CC2)cc1Cl. The van der Waals surface area contributed by atoms with Crippen molar-refractivity contribution < 1.29 is 14.3 Å². The van der Waals surface area contributed by atoms with Gasteiger partial charge in [0, 0.05) is 43.3 Å². The monoisotopic (exact) mass is 449 g/mol. The number of carbonyl (C=O) groups is 2. The second kappa shape index (κ2) is 10.5. The predicted molar refractivity (Wildman–Crippen MR) is 120 cm³/mol. The standard InChI is InChI=1S/C22H25Cl2N3O3/c1-30-20-8-6-16(14-19(20)24)7-9-21(28)26-10-3-11-27(13-12-26)22(29)25-18-5-2-4-17(23)15-18/h2,4-6,8,14-15H,3,7,9-13H2,1H3,(H,25,29). The minimum atomic E-state index is -0.181. The molecule has 0 aliphatic carbocycles. The Morgan fingerprint density at radius 2 is 1.80 bits per heavy atom. The maximum Gasteiger partial charge on any atom is 0.321 e. The van der Waals surface area contributed by atoms with Gasteiger partial charge in [0.15, 0.2) is 0 Å². The summed E-state index contributed by atoms with van der Waals surface area (Å²) < 4.78 is 5.16. The van der Waals surface area contributed by atoms with E-state index in [1.807, 2.05) is 23.1 Å². The second-order valence-corrected chi connectivity index (χ2v) is 7.97. The molecule has 30 heavy (non-hydrogen) atoms. The van der Waals surface area contributed by atoms with Gasteiger partial charge in [0.1, 0.15) is 5.75 Å². The molecule has 6 nitrogen and oxygen atoms in total. The lowest BCUT2D eigenvalue weighted by atomic mass is 10.1. The lowest BCUT2D eigenvalue weighted by Crippen LogP contribution is -2.39. The molecule has 1 aliphatic heterocycles. The van der Waals surface area contributed by atoms with E-state index < -0.39 is 0 Å². The van der Waals surface area contributed by atoms with Gasteiger partial charge in [-0.2, -0.15) is 0 Å². The molecule has 1 fully saturated rings.